The highest BCUT2D eigenvalue weighted by molar-refractivity contribution is 5.69. The Balaban J connectivity index is 0. The number of nitrogens with two attached hydrogens (primary N) is 2. The zero-order valence-corrected chi connectivity index (χ0v) is 9.09. The predicted molar refractivity (Wildman–Crippen MR) is 53.7 cm³/mol. The van der Waals surface area contributed by atoms with E-state index in [2.05, 4.69) is 18.6 Å². The van der Waals surface area contributed by atoms with Gasteiger partial charge in [0.25, 0.3) is 0 Å². The molecule has 0 unspecified atom stereocenters. The lowest BCUT2D eigenvalue weighted by molar-refractivity contribution is -0.154. The average Bonchev–Trinajstić information content (AvgIpc) is 2.01. The van der Waals surface area contributed by atoms with Crippen molar-refractivity contribution in [3.05, 3.63) is 0 Å². The van der Waals surface area contributed by atoms with Gasteiger partial charge in [0.2, 0.25) is 0 Å². The van der Waals surface area contributed by atoms with Crippen molar-refractivity contribution in [1.29, 1.82) is 0 Å². The Labute approximate surface area is 80.6 Å². The van der Waals surface area contributed by atoms with Gasteiger partial charge < -0.3 is 4.74 Å². The molecule has 0 heterocycles. The molecule has 0 aliphatic rings. The molecule has 0 aliphatic heterocycles. The van der Waals surface area contributed by atoms with E-state index >= 15 is 0 Å². The van der Waals surface area contributed by atoms with Gasteiger partial charge in [0.1, 0.15) is 5.60 Å². The molecule has 0 aliphatic carbocycles. The molecule has 0 spiro atoms. The van der Waals surface area contributed by atoms with Crippen LogP contribution in [0.2, 0.25) is 0 Å². The Morgan fingerprint density at radius 1 is 1.31 bits per heavy atom. The van der Waals surface area contributed by atoms with Crippen LogP contribution in [0.15, 0.2) is 0 Å². The summed E-state index contributed by atoms with van der Waals surface area (Å²) < 4.78 is 5.10. The van der Waals surface area contributed by atoms with Crippen LogP contribution in [0.5, 0.6) is 0 Å². The number of carbonyl (C=O) groups excluding carboxylic acids is 1. The van der Waals surface area contributed by atoms with Gasteiger partial charge in [0.15, 0.2) is 0 Å². The molecule has 0 amide bonds. The van der Waals surface area contributed by atoms with Crippen molar-refractivity contribution in [2.75, 3.05) is 0 Å². The van der Waals surface area contributed by atoms with E-state index in [1.807, 2.05) is 20.8 Å². The highest BCUT2D eigenvalue weighted by Gasteiger charge is 2.14. The van der Waals surface area contributed by atoms with E-state index in [1.54, 1.807) is 0 Å². The number of hydrogen-bond donors (Lipinski definition) is 2. The van der Waals surface area contributed by atoms with Crippen molar-refractivity contribution < 1.29 is 9.53 Å². The number of ether oxygens (including phenoxy) is 1. The van der Waals surface area contributed by atoms with Gasteiger partial charge in [-0.15, -0.1) is 0 Å². The fourth-order valence-electron chi connectivity index (χ4n) is 0.714. The van der Waals surface area contributed by atoms with E-state index in [1.165, 1.54) is 0 Å². The average molecular weight is 190 g/mol. The third kappa shape index (κ3) is 14.3. The minimum atomic E-state index is -0.329. The highest BCUT2D eigenvalue weighted by atomic mass is 16.6. The minimum absolute atomic E-state index is 0.0839. The summed E-state index contributed by atoms with van der Waals surface area (Å²) in [7, 11) is 0. The van der Waals surface area contributed by atoms with Crippen LogP contribution < -0.4 is 11.7 Å². The second-order valence-electron chi connectivity index (χ2n) is 3.69. The highest BCUT2D eigenvalue weighted by Crippen LogP contribution is 2.09. The van der Waals surface area contributed by atoms with Crippen molar-refractivity contribution in [2.45, 2.75) is 52.6 Å². The number of hydrogen-bond acceptors (Lipinski definition) is 4. The Kier molecular flexibility index (Phi) is 9.17. The summed E-state index contributed by atoms with van der Waals surface area (Å²) in [5.41, 5.74) is -0.329. The van der Waals surface area contributed by atoms with Crippen LogP contribution in [-0.4, -0.2) is 11.6 Å². The van der Waals surface area contributed by atoms with Gasteiger partial charge in [-0.1, -0.05) is 13.3 Å². The largest absolute Gasteiger partial charge is 0.460 e. The van der Waals surface area contributed by atoms with Gasteiger partial charge in [-0.25, -0.2) is 0 Å². The molecule has 13 heavy (non-hydrogen) atoms. The monoisotopic (exact) mass is 190 g/mol. The number of rotatable bonds is 3. The third-order valence-corrected chi connectivity index (χ3v) is 1.15. The molecule has 0 saturated carbocycles. The zero-order valence-electron chi connectivity index (χ0n) is 9.09. The topological polar surface area (TPSA) is 78.3 Å². The molecule has 0 fully saturated rings. The Morgan fingerprint density at radius 3 is 2.08 bits per heavy atom. The summed E-state index contributed by atoms with van der Waals surface area (Å²) in [4.78, 5) is 11.0. The number of hydrazine groups is 1. The van der Waals surface area contributed by atoms with Crippen LogP contribution in [0.1, 0.15) is 47.0 Å². The second kappa shape index (κ2) is 8.01. The van der Waals surface area contributed by atoms with Crippen LogP contribution in [-0.2, 0) is 9.53 Å². The van der Waals surface area contributed by atoms with Crippen LogP contribution >= 0.6 is 0 Å². The standard InChI is InChI=1S/C9H18O2.H4N2/c1-5-6-7-8(10)11-9(2,3)4;1-2/h5-7H2,1-4H3;1-2H2. The van der Waals surface area contributed by atoms with E-state index < -0.39 is 0 Å². The van der Waals surface area contributed by atoms with Gasteiger partial charge in [-0.2, -0.15) is 0 Å². The molecule has 0 aromatic carbocycles. The minimum Gasteiger partial charge on any atom is -0.460 e. The normalized spacial score (nSPS) is 10.0. The van der Waals surface area contributed by atoms with E-state index in [9.17, 15) is 4.79 Å². The third-order valence-electron chi connectivity index (χ3n) is 1.15. The number of carbonyl (C=O) groups is 1. The first kappa shape index (κ1) is 14.9. The maximum absolute atomic E-state index is 11.0. The first-order valence-electron chi connectivity index (χ1n) is 4.51. The number of esters is 1. The van der Waals surface area contributed by atoms with E-state index in [0.717, 1.165) is 12.8 Å². The van der Waals surface area contributed by atoms with Gasteiger partial charge >= 0.3 is 5.97 Å². The Bertz CT molecular complexity index is 130. The van der Waals surface area contributed by atoms with Crippen molar-refractivity contribution in [3.63, 3.8) is 0 Å². The zero-order chi connectivity index (χ0) is 10.9. The molecule has 0 aromatic heterocycles. The predicted octanol–water partition coefficient (Wildman–Crippen LogP) is 1.34. The van der Waals surface area contributed by atoms with E-state index in [4.69, 9.17) is 4.74 Å². The first-order chi connectivity index (χ1) is 5.95. The SMILES string of the molecule is CCCCC(=O)OC(C)(C)C.NN. The molecule has 4 N–H and O–H groups in total. The molecule has 0 rings (SSSR count). The van der Waals surface area contributed by atoms with Crippen LogP contribution in [0.3, 0.4) is 0 Å². The molecule has 0 radical (unpaired) electrons. The summed E-state index contributed by atoms with van der Waals surface area (Å²) >= 11 is 0. The fraction of sp³-hybridized carbons (Fsp3) is 0.889. The Hall–Kier alpha value is -0.610. The molecule has 0 saturated heterocycles. The molecule has 80 valence electrons. The first-order valence-corrected chi connectivity index (χ1v) is 4.51. The smallest absolute Gasteiger partial charge is 0.306 e. The quantitative estimate of drug-likeness (QED) is 0.400. The van der Waals surface area contributed by atoms with Gasteiger partial charge in [0.05, 0.1) is 0 Å². The van der Waals surface area contributed by atoms with Crippen LogP contribution in [0.25, 0.3) is 0 Å². The summed E-state index contributed by atoms with van der Waals surface area (Å²) in [6, 6.07) is 0. The van der Waals surface area contributed by atoms with Gasteiger partial charge in [-0.3, -0.25) is 16.5 Å². The van der Waals surface area contributed by atoms with Crippen LogP contribution in [0, 0.1) is 0 Å². The lowest BCUT2D eigenvalue weighted by Gasteiger charge is -2.19. The van der Waals surface area contributed by atoms with Crippen molar-refractivity contribution in [3.8, 4) is 0 Å². The summed E-state index contributed by atoms with van der Waals surface area (Å²) in [5.74, 6) is 7.92. The molecule has 0 bridgehead atoms. The van der Waals surface area contributed by atoms with Crippen molar-refractivity contribution >= 4 is 5.97 Å². The van der Waals surface area contributed by atoms with E-state index in [-0.39, 0.29) is 11.6 Å². The molecule has 0 atom stereocenters. The Morgan fingerprint density at radius 2 is 1.77 bits per heavy atom. The maximum Gasteiger partial charge on any atom is 0.306 e. The van der Waals surface area contributed by atoms with Gasteiger partial charge in [0, 0.05) is 6.42 Å². The molecular formula is C9H22N2O2. The molecule has 0 aromatic rings. The van der Waals surface area contributed by atoms with Gasteiger partial charge in [-0.05, 0) is 27.2 Å². The molecular weight excluding hydrogens is 168 g/mol. The lowest BCUT2D eigenvalue weighted by Crippen LogP contribution is -2.23. The fourth-order valence-corrected chi connectivity index (χ4v) is 0.714. The molecule has 4 heteroatoms. The lowest BCUT2D eigenvalue weighted by atomic mass is 10.2. The summed E-state index contributed by atoms with van der Waals surface area (Å²) in [6.07, 6.45) is 2.52. The van der Waals surface area contributed by atoms with Crippen LogP contribution in [0.4, 0.5) is 0 Å². The summed E-state index contributed by atoms with van der Waals surface area (Å²) in [6.45, 7) is 7.72. The molecule has 4 nitrogen and oxygen atoms in total. The van der Waals surface area contributed by atoms with E-state index in [0.29, 0.717) is 6.42 Å². The van der Waals surface area contributed by atoms with Crippen molar-refractivity contribution in [2.24, 2.45) is 11.7 Å². The summed E-state index contributed by atoms with van der Waals surface area (Å²) in [5, 5.41) is 0. The second-order valence-corrected chi connectivity index (χ2v) is 3.69. The number of unbranched alkanes of at least 4 members (excludes halogenated alkanes) is 1. The van der Waals surface area contributed by atoms with Crippen molar-refractivity contribution in [1.82, 2.24) is 0 Å². The maximum atomic E-state index is 11.0.